The van der Waals surface area contributed by atoms with Crippen LogP contribution in [-0.4, -0.2) is 29.5 Å². The summed E-state index contributed by atoms with van der Waals surface area (Å²) in [5.41, 5.74) is 0.0369. The number of benzene rings is 1. The minimum absolute atomic E-state index is 0.0275. The van der Waals surface area contributed by atoms with Crippen LogP contribution in [0.3, 0.4) is 0 Å². The number of aliphatic hydroxyl groups excluding tert-OH is 1. The Kier molecular flexibility index (Phi) is 4.78. The maximum atomic E-state index is 9.56. The molecule has 4 heteroatoms. The maximum absolute atomic E-state index is 9.56. The van der Waals surface area contributed by atoms with Gasteiger partial charge in [-0.2, -0.15) is 0 Å². The fraction of sp³-hybridized carbons (Fsp3) is 0.538. The molecule has 1 rings (SSSR count). The quantitative estimate of drug-likeness (QED) is 0.795. The molecular formula is C13H20O4. The van der Waals surface area contributed by atoms with E-state index in [1.807, 2.05) is 0 Å². The highest BCUT2D eigenvalue weighted by Crippen LogP contribution is 2.28. The molecule has 0 heterocycles. The van der Waals surface area contributed by atoms with Gasteiger partial charge < -0.3 is 19.7 Å². The Balaban J connectivity index is 2.64. The van der Waals surface area contributed by atoms with Crippen molar-refractivity contribution in [2.45, 2.75) is 32.5 Å². The summed E-state index contributed by atoms with van der Waals surface area (Å²) in [6, 6.07) is 5.27. The second-order valence-corrected chi connectivity index (χ2v) is 4.55. The van der Waals surface area contributed by atoms with Gasteiger partial charge in [0.2, 0.25) is 0 Å². The van der Waals surface area contributed by atoms with Gasteiger partial charge in [0.25, 0.3) is 0 Å². The first-order chi connectivity index (χ1) is 7.96. The minimum Gasteiger partial charge on any atom is -0.493 e. The summed E-state index contributed by atoms with van der Waals surface area (Å²) in [4.78, 5) is 0. The first kappa shape index (κ1) is 13.8. The fourth-order valence-corrected chi connectivity index (χ4v) is 1.34. The summed E-state index contributed by atoms with van der Waals surface area (Å²) in [5.74, 6) is 1.21. The van der Waals surface area contributed by atoms with Crippen molar-refractivity contribution in [2.24, 2.45) is 0 Å². The van der Waals surface area contributed by atoms with Gasteiger partial charge in [-0.1, -0.05) is 6.07 Å². The average Bonchev–Trinajstić information content (AvgIpc) is 2.27. The third-order valence-electron chi connectivity index (χ3n) is 2.38. The van der Waals surface area contributed by atoms with E-state index in [2.05, 4.69) is 0 Å². The molecule has 0 radical (unpaired) electrons. The van der Waals surface area contributed by atoms with Gasteiger partial charge in [-0.05, 0) is 31.5 Å². The van der Waals surface area contributed by atoms with Crippen LogP contribution in [0.15, 0.2) is 18.2 Å². The second kappa shape index (κ2) is 5.89. The average molecular weight is 240 g/mol. The SMILES string of the molecule is COc1cc(CO)ccc1OCCC(C)(C)O. The van der Waals surface area contributed by atoms with E-state index in [0.29, 0.717) is 24.5 Å². The van der Waals surface area contributed by atoms with Gasteiger partial charge in [0.1, 0.15) is 0 Å². The summed E-state index contributed by atoms with van der Waals surface area (Å²) >= 11 is 0. The standard InChI is InChI=1S/C13H20O4/c1-13(2,15)6-7-17-11-5-4-10(9-14)8-12(11)16-3/h4-5,8,14-15H,6-7,9H2,1-3H3. The number of methoxy groups -OCH3 is 1. The van der Waals surface area contributed by atoms with Crippen molar-refractivity contribution in [1.29, 1.82) is 0 Å². The van der Waals surface area contributed by atoms with Gasteiger partial charge in [0.15, 0.2) is 11.5 Å². The molecule has 96 valence electrons. The largest absolute Gasteiger partial charge is 0.493 e. The molecule has 0 unspecified atom stereocenters. The lowest BCUT2D eigenvalue weighted by Crippen LogP contribution is -2.21. The lowest BCUT2D eigenvalue weighted by atomic mass is 10.1. The molecule has 0 aliphatic heterocycles. The van der Waals surface area contributed by atoms with Crippen molar-refractivity contribution in [3.63, 3.8) is 0 Å². The van der Waals surface area contributed by atoms with Gasteiger partial charge in [-0.15, -0.1) is 0 Å². The number of rotatable bonds is 6. The molecule has 4 nitrogen and oxygen atoms in total. The van der Waals surface area contributed by atoms with Crippen LogP contribution in [0.5, 0.6) is 11.5 Å². The minimum atomic E-state index is -0.738. The van der Waals surface area contributed by atoms with Crippen molar-refractivity contribution >= 4 is 0 Å². The van der Waals surface area contributed by atoms with E-state index in [-0.39, 0.29) is 6.61 Å². The molecule has 0 spiro atoms. The zero-order chi connectivity index (χ0) is 12.9. The number of hydrogen-bond donors (Lipinski definition) is 2. The van der Waals surface area contributed by atoms with E-state index in [9.17, 15) is 5.11 Å². The van der Waals surface area contributed by atoms with Gasteiger partial charge in [0, 0.05) is 6.42 Å². The lowest BCUT2D eigenvalue weighted by Gasteiger charge is -2.18. The van der Waals surface area contributed by atoms with E-state index in [1.54, 1.807) is 39.2 Å². The Hall–Kier alpha value is -1.26. The molecule has 2 N–H and O–H groups in total. The van der Waals surface area contributed by atoms with E-state index >= 15 is 0 Å². The Morgan fingerprint density at radius 2 is 1.94 bits per heavy atom. The molecule has 1 aromatic rings. The van der Waals surface area contributed by atoms with Crippen LogP contribution in [-0.2, 0) is 6.61 Å². The molecule has 17 heavy (non-hydrogen) atoms. The van der Waals surface area contributed by atoms with Gasteiger partial charge in [0.05, 0.1) is 25.9 Å². The van der Waals surface area contributed by atoms with Gasteiger partial charge in [-0.3, -0.25) is 0 Å². The molecule has 1 aromatic carbocycles. The highest BCUT2D eigenvalue weighted by atomic mass is 16.5. The molecule has 0 atom stereocenters. The lowest BCUT2D eigenvalue weighted by molar-refractivity contribution is 0.0549. The topological polar surface area (TPSA) is 58.9 Å². The third kappa shape index (κ3) is 4.63. The molecule has 0 fully saturated rings. The Labute approximate surface area is 102 Å². The molecule has 0 bridgehead atoms. The number of hydrogen-bond acceptors (Lipinski definition) is 4. The van der Waals surface area contributed by atoms with Crippen LogP contribution in [0.25, 0.3) is 0 Å². The summed E-state index contributed by atoms with van der Waals surface area (Å²) in [6.45, 7) is 3.86. The first-order valence-corrected chi connectivity index (χ1v) is 5.59. The van der Waals surface area contributed by atoms with Gasteiger partial charge in [-0.25, -0.2) is 0 Å². The van der Waals surface area contributed by atoms with Crippen LogP contribution in [0.2, 0.25) is 0 Å². The van der Waals surface area contributed by atoms with Crippen LogP contribution < -0.4 is 9.47 Å². The summed E-state index contributed by atoms with van der Waals surface area (Å²) < 4.78 is 10.7. The third-order valence-corrected chi connectivity index (χ3v) is 2.38. The van der Waals surface area contributed by atoms with Crippen molar-refractivity contribution in [2.75, 3.05) is 13.7 Å². The van der Waals surface area contributed by atoms with Crippen LogP contribution in [0, 0.1) is 0 Å². The smallest absolute Gasteiger partial charge is 0.161 e. The molecule has 0 saturated carbocycles. The van der Waals surface area contributed by atoms with Crippen LogP contribution >= 0.6 is 0 Å². The van der Waals surface area contributed by atoms with Crippen molar-refractivity contribution in [3.05, 3.63) is 23.8 Å². The Morgan fingerprint density at radius 3 is 2.47 bits per heavy atom. The summed E-state index contributed by atoms with van der Waals surface area (Å²) in [5, 5.41) is 18.6. The van der Waals surface area contributed by atoms with E-state index in [0.717, 1.165) is 5.56 Å². The number of aliphatic hydroxyl groups is 2. The first-order valence-electron chi connectivity index (χ1n) is 5.59. The van der Waals surface area contributed by atoms with E-state index in [1.165, 1.54) is 0 Å². The number of ether oxygens (including phenoxy) is 2. The van der Waals surface area contributed by atoms with E-state index in [4.69, 9.17) is 14.6 Å². The Morgan fingerprint density at radius 1 is 1.24 bits per heavy atom. The zero-order valence-corrected chi connectivity index (χ0v) is 10.6. The van der Waals surface area contributed by atoms with Gasteiger partial charge >= 0.3 is 0 Å². The normalized spacial score (nSPS) is 11.4. The molecular weight excluding hydrogens is 220 g/mol. The molecule has 0 aromatic heterocycles. The highest BCUT2D eigenvalue weighted by Gasteiger charge is 2.13. The highest BCUT2D eigenvalue weighted by molar-refractivity contribution is 5.42. The molecule has 0 aliphatic carbocycles. The van der Waals surface area contributed by atoms with Crippen molar-refractivity contribution in [3.8, 4) is 11.5 Å². The summed E-state index contributed by atoms with van der Waals surface area (Å²) in [7, 11) is 1.55. The predicted octanol–water partition coefficient (Wildman–Crippen LogP) is 1.73. The predicted molar refractivity (Wildman–Crippen MR) is 65.3 cm³/mol. The zero-order valence-electron chi connectivity index (χ0n) is 10.6. The molecule has 0 amide bonds. The molecule has 0 saturated heterocycles. The van der Waals surface area contributed by atoms with Crippen LogP contribution in [0.1, 0.15) is 25.8 Å². The maximum Gasteiger partial charge on any atom is 0.161 e. The fourth-order valence-electron chi connectivity index (χ4n) is 1.34. The summed E-state index contributed by atoms with van der Waals surface area (Å²) in [6.07, 6.45) is 0.540. The van der Waals surface area contributed by atoms with E-state index < -0.39 is 5.60 Å². The van der Waals surface area contributed by atoms with Crippen molar-refractivity contribution < 1.29 is 19.7 Å². The van der Waals surface area contributed by atoms with Crippen molar-refractivity contribution in [1.82, 2.24) is 0 Å². The Bertz CT molecular complexity index is 355. The molecule has 0 aliphatic rings. The monoisotopic (exact) mass is 240 g/mol. The second-order valence-electron chi connectivity index (χ2n) is 4.55. The van der Waals surface area contributed by atoms with Crippen LogP contribution in [0.4, 0.5) is 0 Å².